The van der Waals surface area contributed by atoms with Gasteiger partial charge in [-0.3, -0.25) is 9.69 Å². The minimum atomic E-state index is -0.254. The highest BCUT2D eigenvalue weighted by atomic mass is 35.5. The van der Waals surface area contributed by atoms with Crippen LogP contribution in [0.5, 0.6) is 0 Å². The maximum absolute atomic E-state index is 12.6. The Morgan fingerprint density at radius 1 is 1.00 bits per heavy atom. The topological polar surface area (TPSA) is 52.6 Å². The van der Waals surface area contributed by atoms with Crippen LogP contribution in [0.25, 0.3) is 17.2 Å². The predicted molar refractivity (Wildman–Crippen MR) is 141 cm³/mol. The SMILES string of the molecule is CC(/C=C/c1ccc(-c2ccc(Cl)cc2)cc1)C(=O)Nc1ccc(CN2CCC(O)CC2)cc1. The third-order valence-electron chi connectivity index (χ3n) is 6.26. The largest absolute Gasteiger partial charge is 0.393 e. The van der Waals surface area contributed by atoms with Crippen molar-refractivity contribution in [3.8, 4) is 11.1 Å². The second kappa shape index (κ2) is 11.5. The van der Waals surface area contributed by atoms with Gasteiger partial charge in [0, 0.05) is 30.3 Å². The van der Waals surface area contributed by atoms with Crippen molar-refractivity contribution in [2.45, 2.75) is 32.4 Å². The summed E-state index contributed by atoms with van der Waals surface area (Å²) in [6.45, 7) is 4.62. The van der Waals surface area contributed by atoms with E-state index >= 15 is 0 Å². The average Bonchev–Trinajstić information content (AvgIpc) is 2.86. The van der Waals surface area contributed by atoms with Gasteiger partial charge in [0.2, 0.25) is 5.91 Å². The first-order valence-corrected chi connectivity index (χ1v) is 12.2. The molecule has 1 atom stereocenters. The third-order valence-corrected chi connectivity index (χ3v) is 6.52. The van der Waals surface area contributed by atoms with Crippen LogP contribution in [0.4, 0.5) is 5.69 Å². The number of benzene rings is 3. The van der Waals surface area contributed by atoms with Crippen molar-refractivity contribution in [3.63, 3.8) is 0 Å². The number of nitrogens with one attached hydrogen (secondary N) is 1. The summed E-state index contributed by atoms with van der Waals surface area (Å²) in [6, 6.07) is 24.1. The van der Waals surface area contributed by atoms with Crippen molar-refractivity contribution >= 4 is 29.3 Å². The highest BCUT2D eigenvalue weighted by Gasteiger charge is 2.17. The van der Waals surface area contributed by atoms with E-state index in [1.54, 1.807) is 0 Å². The molecule has 2 N–H and O–H groups in total. The number of amides is 1. The molecule has 1 amide bonds. The van der Waals surface area contributed by atoms with Crippen LogP contribution in [0.3, 0.4) is 0 Å². The molecule has 1 aliphatic rings. The molecule has 0 saturated carbocycles. The van der Waals surface area contributed by atoms with Crippen molar-refractivity contribution in [2.24, 2.45) is 5.92 Å². The normalized spacial score (nSPS) is 16.0. The Morgan fingerprint density at radius 3 is 2.21 bits per heavy atom. The van der Waals surface area contributed by atoms with Crippen LogP contribution in [0.15, 0.2) is 78.9 Å². The Kier molecular flexibility index (Phi) is 8.17. The van der Waals surface area contributed by atoms with Crippen LogP contribution in [0.2, 0.25) is 5.02 Å². The summed E-state index contributed by atoms with van der Waals surface area (Å²) in [6.07, 6.45) is 5.43. The van der Waals surface area contributed by atoms with Crippen LogP contribution in [0, 0.1) is 5.92 Å². The minimum Gasteiger partial charge on any atom is -0.393 e. The molecule has 34 heavy (non-hydrogen) atoms. The molecule has 3 aromatic rings. The number of hydrogen-bond donors (Lipinski definition) is 2. The smallest absolute Gasteiger partial charge is 0.231 e. The quantitative estimate of drug-likeness (QED) is 0.425. The number of rotatable bonds is 7. The van der Waals surface area contributed by atoms with Gasteiger partial charge < -0.3 is 10.4 Å². The van der Waals surface area contributed by atoms with Gasteiger partial charge in [0.05, 0.1) is 12.0 Å². The number of carbonyl (C=O) groups is 1. The van der Waals surface area contributed by atoms with E-state index in [1.807, 2.05) is 67.6 Å². The lowest BCUT2D eigenvalue weighted by atomic mass is 10.0. The summed E-state index contributed by atoms with van der Waals surface area (Å²) in [5.74, 6) is -0.290. The van der Waals surface area contributed by atoms with Gasteiger partial charge in [-0.25, -0.2) is 0 Å². The maximum atomic E-state index is 12.6. The van der Waals surface area contributed by atoms with Gasteiger partial charge >= 0.3 is 0 Å². The molecular formula is C29H31ClN2O2. The summed E-state index contributed by atoms with van der Waals surface area (Å²) < 4.78 is 0. The van der Waals surface area contributed by atoms with Gasteiger partial charge in [0.15, 0.2) is 0 Å². The fourth-order valence-corrected chi connectivity index (χ4v) is 4.18. The fraction of sp³-hybridized carbons (Fsp3) is 0.276. The molecule has 4 rings (SSSR count). The standard InChI is InChI=1S/C29H31ClN2O2/c1-21(2-3-22-4-8-24(9-5-22)25-10-12-26(30)13-11-25)29(34)31-27-14-6-23(7-15-27)20-32-18-16-28(33)17-19-32/h2-15,21,28,33H,16-20H2,1H3,(H,31,34)/b3-2+. The van der Waals surface area contributed by atoms with Crippen molar-refractivity contribution in [3.05, 3.63) is 95.0 Å². The predicted octanol–water partition coefficient (Wildman–Crippen LogP) is 6.25. The van der Waals surface area contributed by atoms with Gasteiger partial charge in [0.25, 0.3) is 0 Å². The van der Waals surface area contributed by atoms with Crippen LogP contribution >= 0.6 is 11.6 Å². The van der Waals surface area contributed by atoms with Crippen LogP contribution in [-0.2, 0) is 11.3 Å². The van der Waals surface area contributed by atoms with E-state index in [0.29, 0.717) is 0 Å². The summed E-state index contributed by atoms with van der Waals surface area (Å²) in [5.41, 5.74) is 5.31. The monoisotopic (exact) mass is 474 g/mol. The minimum absolute atomic E-state index is 0.0354. The number of aliphatic hydroxyl groups excluding tert-OH is 1. The third kappa shape index (κ3) is 6.80. The highest BCUT2D eigenvalue weighted by Crippen LogP contribution is 2.22. The van der Waals surface area contributed by atoms with Crippen molar-refractivity contribution in [2.75, 3.05) is 18.4 Å². The number of halogens is 1. The maximum Gasteiger partial charge on any atom is 0.231 e. The number of nitrogens with zero attached hydrogens (tertiary/aromatic N) is 1. The van der Waals surface area contributed by atoms with E-state index in [0.717, 1.165) is 59.9 Å². The molecule has 0 aromatic heterocycles. The number of hydrogen-bond acceptors (Lipinski definition) is 3. The second-order valence-corrected chi connectivity index (χ2v) is 9.41. The first kappa shape index (κ1) is 24.2. The van der Waals surface area contributed by atoms with Crippen LogP contribution in [0.1, 0.15) is 30.9 Å². The number of piperidine rings is 1. The molecule has 1 unspecified atom stereocenters. The van der Waals surface area contributed by atoms with Gasteiger partial charge in [-0.05, 0) is 59.4 Å². The summed E-state index contributed by atoms with van der Waals surface area (Å²) >= 11 is 5.97. The Balaban J connectivity index is 1.28. The summed E-state index contributed by atoms with van der Waals surface area (Å²) in [4.78, 5) is 15.0. The van der Waals surface area contributed by atoms with E-state index in [-0.39, 0.29) is 17.9 Å². The van der Waals surface area contributed by atoms with Gasteiger partial charge in [0.1, 0.15) is 0 Å². The van der Waals surface area contributed by atoms with Crippen molar-refractivity contribution in [1.29, 1.82) is 0 Å². The van der Waals surface area contributed by atoms with Crippen LogP contribution in [-0.4, -0.2) is 35.1 Å². The first-order chi connectivity index (χ1) is 16.5. The molecule has 1 heterocycles. The van der Waals surface area contributed by atoms with Crippen molar-refractivity contribution in [1.82, 2.24) is 4.90 Å². The molecular weight excluding hydrogens is 444 g/mol. The molecule has 0 bridgehead atoms. The lowest BCUT2D eigenvalue weighted by molar-refractivity contribution is -0.118. The molecule has 0 radical (unpaired) electrons. The molecule has 1 saturated heterocycles. The average molecular weight is 475 g/mol. The molecule has 4 nitrogen and oxygen atoms in total. The van der Waals surface area contributed by atoms with Gasteiger partial charge in [-0.2, -0.15) is 0 Å². The summed E-state index contributed by atoms with van der Waals surface area (Å²) in [5, 5.41) is 13.4. The fourth-order valence-electron chi connectivity index (χ4n) is 4.06. The van der Waals surface area contributed by atoms with E-state index in [1.165, 1.54) is 5.56 Å². The molecule has 5 heteroatoms. The lowest BCUT2D eigenvalue weighted by Gasteiger charge is -2.29. The molecule has 1 fully saturated rings. The first-order valence-electron chi connectivity index (χ1n) is 11.8. The second-order valence-electron chi connectivity index (χ2n) is 8.97. The Hall–Kier alpha value is -2.92. The van der Waals surface area contributed by atoms with Gasteiger partial charge in [-0.1, -0.05) is 79.2 Å². The zero-order chi connectivity index (χ0) is 23.9. The number of likely N-dealkylation sites (tertiary alicyclic amines) is 1. The highest BCUT2D eigenvalue weighted by molar-refractivity contribution is 6.30. The van der Waals surface area contributed by atoms with E-state index < -0.39 is 0 Å². The molecule has 176 valence electrons. The Morgan fingerprint density at radius 2 is 1.59 bits per heavy atom. The molecule has 3 aromatic carbocycles. The zero-order valence-corrected chi connectivity index (χ0v) is 20.2. The Bertz CT molecular complexity index is 1100. The van der Waals surface area contributed by atoms with E-state index in [2.05, 4.69) is 34.5 Å². The lowest BCUT2D eigenvalue weighted by Crippen LogP contribution is -2.35. The molecule has 0 spiro atoms. The van der Waals surface area contributed by atoms with Gasteiger partial charge in [-0.15, -0.1) is 0 Å². The molecule has 1 aliphatic heterocycles. The molecule has 0 aliphatic carbocycles. The zero-order valence-electron chi connectivity index (χ0n) is 19.5. The number of anilines is 1. The number of carbonyl (C=O) groups excluding carboxylic acids is 1. The van der Waals surface area contributed by atoms with E-state index in [4.69, 9.17) is 11.6 Å². The van der Waals surface area contributed by atoms with E-state index in [9.17, 15) is 9.90 Å². The Labute approximate surface area is 206 Å². The van der Waals surface area contributed by atoms with Crippen LogP contribution < -0.4 is 5.32 Å². The number of aliphatic hydroxyl groups is 1. The van der Waals surface area contributed by atoms with Crippen molar-refractivity contribution < 1.29 is 9.90 Å². The summed E-state index contributed by atoms with van der Waals surface area (Å²) in [7, 11) is 0.